The Hall–Kier alpha value is -3.14. The first-order valence-electron chi connectivity index (χ1n) is 10.1. The fraction of sp³-hybridized carbons (Fsp3) is 0.280. The Bertz CT molecular complexity index is 1070. The highest BCUT2D eigenvalue weighted by molar-refractivity contribution is 6.07. The molecule has 0 aliphatic carbocycles. The van der Waals surface area contributed by atoms with Crippen molar-refractivity contribution < 1.29 is 4.79 Å². The number of H-pyrrole nitrogens is 1. The van der Waals surface area contributed by atoms with Gasteiger partial charge in [0.05, 0.1) is 12.2 Å². The molecule has 0 unspecified atom stereocenters. The molecule has 0 aliphatic heterocycles. The summed E-state index contributed by atoms with van der Waals surface area (Å²) >= 11 is 0. The summed E-state index contributed by atoms with van der Waals surface area (Å²) in [5.41, 5.74) is 5.46. The average molecular weight is 389 g/mol. The molecule has 0 saturated heterocycles. The molecule has 0 fully saturated rings. The topological polar surface area (TPSA) is 53.2 Å². The fourth-order valence-corrected chi connectivity index (χ4v) is 3.76. The lowest BCUT2D eigenvalue weighted by Crippen LogP contribution is -2.36. The maximum Gasteiger partial charge on any atom is 0.264 e. The van der Waals surface area contributed by atoms with Gasteiger partial charge in [0, 0.05) is 17.5 Å². The van der Waals surface area contributed by atoms with E-state index in [9.17, 15) is 9.59 Å². The van der Waals surface area contributed by atoms with E-state index in [1.54, 1.807) is 17.9 Å². The summed E-state index contributed by atoms with van der Waals surface area (Å²) in [6.07, 6.45) is 1.52. The molecule has 0 bridgehead atoms. The van der Waals surface area contributed by atoms with Crippen LogP contribution in [0.15, 0.2) is 59.4 Å². The highest BCUT2D eigenvalue weighted by Crippen LogP contribution is 2.29. The van der Waals surface area contributed by atoms with Gasteiger partial charge in [-0.3, -0.25) is 9.59 Å². The predicted octanol–water partition coefficient (Wildman–Crippen LogP) is 4.96. The molecule has 0 atom stereocenters. The first-order chi connectivity index (χ1) is 14.0. The number of carbonyl (C=O) groups excluding carboxylic acids is 1. The zero-order valence-corrected chi connectivity index (χ0v) is 17.6. The van der Waals surface area contributed by atoms with Crippen molar-refractivity contribution in [1.82, 2.24) is 4.98 Å². The summed E-state index contributed by atoms with van der Waals surface area (Å²) in [4.78, 5) is 31.5. The van der Waals surface area contributed by atoms with Crippen LogP contribution < -0.4 is 10.3 Å². The Balaban J connectivity index is 2.17. The standard InChI is InChI=1S/C25H28N2O2/c1-5-20-14-10-11-17(3)24(20)27(16-19-12-8-7-9-13-19)25(29)23-18(4)26-21(6-2)15-22(23)28/h7-15H,5-6,16H2,1-4H3,(H,26,28). The van der Waals surface area contributed by atoms with Crippen LogP contribution in [-0.4, -0.2) is 10.9 Å². The molecule has 1 amide bonds. The van der Waals surface area contributed by atoms with Crippen LogP contribution in [0, 0.1) is 13.8 Å². The number of pyridine rings is 1. The van der Waals surface area contributed by atoms with E-state index in [0.29, 0.717) is 12.2 Å². The number of aromatic amines is 1. The van der Waals surface area contributed by atoms with E-state index in [1.807, 2.05) is 62.4 Å². The van der Waals surface area contributed by atoms with E-state index in [4.69, 9.17) is 0 Å². The largest absolute Gasteiger partial charge is 0.362 e. The van der Waals surface area contributed by atoms with Crippen molar-refractivity contribution in [2.45, 2.75) is 47.1 Å². The number of benzene rings is 2. The lowest BCUT2D eigenvalue weighted by Gasteiger charge is -2.27. The molecule has 0 spiro atoms. The average Bonchev–Trinajstić information content (AvgIpc) is 2.72. The van der Waals surface area contributed by atoms with Gasteiger partial charge in [0.2, 0.25) is 0 Å². The number of carbonyl (C=O) groups is 1. The Morgan fingerprint density at radius 2 is 1.69 bits per heavy atom. The van der Waals surface area contributed by atoms with Crippen LogP contribution >= 0.6 is 0 Å². The van der Waals surface area contributed by atoms with E-state index in [0.717, 1.165) is 40.9 Å². The third-order valence-electron chi connectivity index (χ3n) is 5.27. The summed E-state index contributed by atoms with van der Waals surface area (Å²) in [6, 6.07) is 17.5. The van der Waals surface area contributed by atoms with Crippen LogP contribution in [0.2, 0.25) is 0 Å². The molecule has 3 aromatic rings. The summed E-state index contributed by atoms with van der Waals surface area (Å²) < 4.78 is 0. The van der Waals surface area contributed by atoms with Gasteiger partial charge in [-0.15, -0.1) is 0 Å². The molecule has 150 valence electrons. The van der Waals surface area contributed by atoms with Crippen LogP contribution in [-0.2, 0) is 19.4 Å². The summed E-state index contributed by atoms with van der Waals surface area (Å²) in [6.45, 7) is 8.28. The molecule has 1 heterocycles. The Morgan fingerprint density at radius 3 is 2.31 bits per heavy atom. The number of hydrogen-bond acceptors (Lipinski definition) is 2. The second kappa shape index (κ2) is 8.91. The zero-order valence-electron chi connectivity index (χ0n) is 17.6. The Kier molecular flexibility index (Phi) is 6.32. The molecule has 4 heteroatoms. The smallest absolute Gasteiger partial charge is 0.264 e. The SMILES string of the molecule is CCc1cc(=O)c(C(=O)N(Cc2ccccc2)c2c(C)cccc2CC)c(C)[nH]1. The monoisotopic (exact) mass is 388 g/mol. The number of aryl methyl sites for hydroxylation is 4. The number of nitrogens with zero attached hydrogens (tertiary/aromatic N) is 1. The lowest BCUT2D eigenvalue weighted by atomic mass is 10.0. The second-order valence-electron chi connectivity index (χ2n) is 7.33. The first kappa shape index (κ1) is 20.6. The van der Waals surface area contributed by atoms with Crippen LogP contribution in [0.3, 0.4) is 0 Å². The van der Waals surface area contributed by atoms with Crippen LogP contribution in [0.25, 0.3) is 0 Å². The highest BCUT2D eigenvalue weighted by Gasteiger charge is 2.25. The summed E-state index contributed by atoms with van der Waals surface area (Å²) in [5, 5.41) is 0. The van der Waals surface area contributed by atoms with Crippen molar-refractivity contribution in [2.24, 2.45) is 0 Å². The van der Waals surface area contributed by atoms with Gasteiger partial charge in [0.1, 0.15) is 5.56 Å². The van der Waals surface area contributed by atoms with Crippen molar-refractivity contribution in [3.05, 3.63) is 98.5 Å². The zero-order chi connectivity index (χ0) is 21.0. The molecule has 0 aliphatic rings. The number of anilines is 1. The van der Waals surface area contributed by atoms with Gasteiger partial charge < -0.3 is 9.88 Å². The van der Waals surface area contributed by atoms with Crippen LogP contribution in [0.5, 0.6) is 0 Å². The third-order valence-corrected chi connectivity index (χ3v) is 5.27. The Labute approximate surface area is 172 Å². The number of aromatic nitrogens is 1. The molecule has 3 rings (SSSR count). The molecule has 4 nitrogen and oxygen atoms in total. The van der Waals surface area contributed by atoms with E-state index in [-0.39, 0.29) is 16.9 Å². The van der Waals surface area contributed by atoms with Crippen molar-refractivity contribution >= 4 is 11.6 Å². The van der Waals surface area contributed by atoms with Crippen LogP contribution in [0.1, 0.15) is 52.3 Å². The first-order valence-corrected chi connectivity index (χ1v) is 10.1. The highest BCUT2D eigenvalue weighted by atomic mass is 16.2. The molecule has 0 saturated carbocycles. The van der Waals surface area contributed by atoms with E-state index >= 15 is 0 Å². The van der Waals surface area contributed by atoms with Gasteiger partial charge >= 0.3 is 0 Å². The number of para-hydroxylation sites is 1. The predicted molar refractivity (Wildman–Crippen MR) is 119 cm³/mol. The van der Waals surface area contributed by atoms with E-state index < -0.39 is 0 Å². The van der Waals surface area contributed by atoms with Gasteiger partial charge in [-0.05, 0) is 43.4 Å². The molecule has 2 aromatic carbocycles. The third kappa shape index (κ3) is 4.32. The lowest BCUT2D eigenvalue weighted by molar-refractivity contribution is 0.0982. The summed E-state index contributed by atoms with van der Waals surface area (Å²) in [7, 11) is 0. The fourth-order valence-electron chi connectivity index (χ4n) is 3.76. The normalized spacial score (nSPS) is 10.8. The van der Waals surface area contributed by atoms with Crippen LogP contribution in [0.4, 0.5) is 5.69 Å². The number of nitrogens with one attached hydrogen (secondary N) is 1. The van der Waals surface area contributed by atoms with Gasteiger partial charge in [-0.25, -0.2) is 0 Å². The maximum atomic E-state index is 13.7. The Morgan fingerprint density at radius 1 is 0.966 bits per heavy atom. The van der Waals surface area contributed by atoms with Gasteiger partial charge in [-0.2, -0.15) is 0 Å². The number of rotatable bonds is 6. The van der Waals surface area contributed by atoms with Gasteiger partial charge in [0.15, 0.2) is 5.43 Å². The molecule has 0 radical (unpaired) electrons. The minimum absolute atomic E-state index is 0.212. The van der Waals surface area contributed by atoms with Crippen molar-refractivity contribution in [3.8, 4) is 0 Å². The summed E-state index contributed by atoms with van der Waals surface area (Å²) in [5.74, 6) is -0.265. The minimum atomic E-state index is -0.265. The van der Waals surface area contributed by atoms with E-state index in [1.165, 1.54) is 0 Å². The van der Waals surface area contributed by atoms with Crippen molar-refractivity contribution in [2.75, 3.05) is 4.90 Å². The molecule has 1 aromatic heterocycles. The molecular weight excluding hydrogens is 360 g/mol. The molecule has 1 N–H and O–H groups in total. The van der Waals surface area contributed by atoms with Gasteiger partial charge in [-0.1, -0.05) is 62.4 Å². The molecule has 29 heavy (non-hydrogen) atoms. The van der Waals surface area contributed by atoms with E-state index in [2.05, 4.69) is 11.9 Å². The molecular formula is C25H28N2O2. The van der Waals surface area contributed by atoms with Crippen molar-refractivity contribution in [3.63, 3.8) is 0 Å². The minimum Gasteiger partial charge on any atom is -0.362 e. The van der Waals surface area contributed by atoms with Gasteiger partial charge in [0.25, 0.3) is 5.91 Å². The number of amides is 1. The quantitative estimate of drug-likeness (QED) is 0.649. The van der Waals surface area contributed by atoms with Crippen molar-refractivity contribution in [1.29, 1.82) is 0 Å². The maximum absolute atomic E-state index is 13.7. The second-order valence-corrected chi connectivity index (χ2v) is 7.33. The number of hydrogen-bond donors (Lipinski definition) is 1.